The molecule has 0 saturated heterocycles. The van der Waals surface area contributed by atoms with E-state index < -0.39 is 0 Å². The molecular formula is C15H34N2. The summed E-state index contributed by atoms with van der Waals surface area (Å²) in [6, 6.07) is 0.739. The second-order valence-corrected chi connectivity index (χ2v) is 5.71. The first-order valence-corrected chi connectivity index (χ1v) is 7.52. The van der Waals surface area contributed by atoms with Gasteiger partial charge in [0.25, 0.3) is 0 Å². The van der Waals surface area contributed by atoms with Gasteiger partial charge in [-0.2, -0.15) is 0 Å². The Morgan fingerprint density at radius 2 is 1.59 bits per heavy atom. The summed E-state index contributed by atoms with van der Waals surface area (Å²) >= 11 is 0. The molecule has 0 aromatic heterocycles. The highest BCUT2D eigenvalue weighted by atomic mass is 15.2. The molecule has 1 atom stereocenters. The van der Waals surface area contributed by atoms with Crippen LogP contribution in [0.1, 0.15) is 60.3 Å². The molecule has 2 N–H and O–H groups in total. The first-order valence-electron chi connectivity index (χ1n) is 7.52. The summed E-state index contributed by atoms with van der Waals surface area (Å²) in [5, 5.41) is 0. The first kappa shape index (κ1) is 16.9. The van der Waals surface area contributed by atoms with E-state index in [0.717, 1.165) is 18.5 Å². The molecule has 0 aromatic carbocycles. The van der Waals surface area contributed by atoms with Gasteiger partial charge in [-0.15, -0.1) is 0 Å². The number of rotatable bonds is 10. The molecule has 104 valence electrons. The Labute approximate surface area is 109 Å². The van der Waals surface area contributed by atoms with E-state index in [-0.39, 0.29) is 0 Å². The summed E-state index contributed by atoms with van der Waals surface area (Å²) in [7, 11) is 0. The van der Waals surface area contributed by atoms with Crippen molar-refractivity contribution in [3.05, 3.63) is 0 Å². The number of hydrogen-bond donors (Lipinski definition) is 1. The van der Waals surface area contributed by atoms with Crippen LogP contribution in [-0.4, -0.2) is 30.6 Å². The first-order chi connectivity index (χ1) is 8.08. The van der Waals surface area contributed by atoms with Crippen LogP contribution in [0.2, 0.25) is 0 Å². The molecule has 0 spiro atoms. The summed E-state index contributed by atoms with van der Waals surface area (Å²) in [6.45, 7) is 14.7. The smallest absolute Gasteiger partial charge is 0.00902 e. The van der Waals surface area contributed by atoms with E-state index in [1.807, 2.05) is 0 Å². The Kier molecular flexibility index (Phi) is 9.85. The van der Waals surface area contributed by atoms with E-state index in [0.29, 0.717) is 5.92 Å². The Morgan fingerprint density at radius 1 is 1.00 bits per heavy atom. The molecule has 0 aliphatic heterocycles. The molecule has 0 aliphatic carbocycles. The van der Waals surface area contributed by atoms with Crippen molar-refractivity contribution >= 4 is 0 Å². The molecule has 0 fully saturated rings. The predicted molar refractivity (Wildman–Crippen MR) is 78.2 cm³/mol. The monoisotopic (exact) mass is 242 g/mol. The van der Waals surface area contributed by atoms with Gasteiger partial charge in [-0.05, 0) is 37.6 Å². The van der Waals surface area contributed by atoms with Gasteiger partial charge in [0.15, 0.2) is 0 Å². The maximum absolute atomic E-state index is 5.89. The molecule has 2 nitrogen and oxygen atoms in total. The van der Waals surface area contributed by atoms with Crippen molar-refractivity contribution in [1.82, 2.24) is 4.90 Å². The van der Waals surface area contributed by atoms with Crippen molar-refractivity contribution in [3.8, 4) is 0 Å². The van der Waals surface area contributed by atoms with E-state index in [1.165, 1.54) is 38.8 Å². The molecule has 0 heterocycles. The van der Waals surface area contributed by atoms with Gasteiger partial charge in [0.05, 0.1) is 0 Å². The maximum Gasteiger partial charge on any atom is 0.00902 e. The van der Waals surface area contributed by atoms with Crippen LogP contribution in [0.5, 0.6) is 0 Å². The molecule has 2 heteroatoms. The second-order valence-electron chi connectivity index (χ2n) is 5.71. The van der Waals surface area contributed by atoms with Crippen molar-refractivity contribution < 1.29 is 0 Å². The van der Waals surface area contributed by atoms with Crippen LogP contribution in [-0.2, 0) is 0 Å². The average Bonchev–Trinajstić information content (AvgIpc) is 2.29. The zero-order chi connectivity index (χ0) is 13.3. The molecule has 0 radical (unpaired) electrons. The topological polar surface area (TPSA) is 29.3 Å². The lowest BCUT2D eigenvalue weighted by Crippen LogP contribution is -2.42. The third kappa shape index (κ3) is 7.05. The van der Waals surface area contributed by atoms with Crippen LogP contribution in [0.15, 0.2) is 0 Å². The SMILES string of the molecule is CCCC(CN)CN(CC(C)C)C(CC)CC. The maximum atomic E-state index is 5.89. The highest BCUT2D eigenvalue weighted by Gasteiger charge is 2.19. The average molecular weight is 242 g/mol. The van der Waals surface area contributed by atoms with Gasteiger partial charge in [0.2, 0.25) is 0 Å². The third-order valence-electron chi connectivity index (χ3n) is 3.58. The van der Waals surface area contributed by atoms with Gasteiger partial charge in [-0.1, -0.05) is 41.0 Å². The molecule has 17 heavy (non-hydrogen) atoms. The van der Waals surface area contributed by atoms with Gasteiger partial charge in [0, 0.05) is 19.1 Å². The number of nitrogens with zero attached hydrogens (tertiary/aromatic N) is 1. The fraction of sp³-hybridized carbons (Fsp3) is 1.00. The summed E-state index contributed by atoms with van der Waals surface area (Å²) < 4.78 is 0. The minimum Gasteiger partial charge on any atom is -0.330 e. The Bertz CT molecular complexity index is 164. The van der Waals surface area contributed by atoms with Crippen LogP contribution in [0.3, 0.4) is 0 Å². The summed E-state index contributed by atoms with van der Waals surface area (Å²) in [5.74, 6) is 1.43. The van der Waals surface area contributed by atoms with Crippen LogP contribution < -0.4 is 5.73 Å². The molecule has 0 aromatic rings. The lowest BCUT2D eigenvalue weighted by molar-refractivity contribution is 0.138. The van der Waals surface area contributed by atoms with Crippen LogP contribution in [0, 0.1) is 11.8 Å². The van der Waals surface area contributed by atoms with Crippen molar-refractivity contribution in [1.29, 1.82) is 0 Å². The van der Waals surface area contributed by atoms with Crippen LogP contribution in [0.25, 0.3) is 0 Å². The van der Waals surface area contributed by atoms with E-state index in [1.54, 1.807) is 0 Å². The summed E-state index contributed by atoms with van der Waals surface area (Å²) in [4.78, 5) is 2.68. The van der Waals surface area contributed by atoms with E-state index in [2.05, 4.69) is 39.5 Å². The van der Waals surface area contributed by atoms with E-state index >= 15 is 0 Å². The van der Waals surface area contributed by atoms with Crippen molar-refractivity contribution in [2.75, 3.05) is 19.6 Å². The van der Waals surface area contributed by atoms with Gasteiger partial charge in [-0.25, -0.2) is 0 Å². The fourth-order valence-corrected chi connectivity index (χ4v) is 2.67. The molecule has 1 unspecified atom stereocenters. The lowest BCUT2D eigenvalue weighted by atomic mass is 10.00. The minimum atomic E-state index is 0.680. The molecule has 0 rings (SSSR count). The molecule has 0 amide bonds. The number of nitrogens with two attached hydrogens (primary N) is 1. The zero-order valence-electron chi connectivity index (χ0n) is 12.7. The van der Waals surface area contributed by atoms with Gasteiger partial charge >= 0.3 is 0 Å². The fourth-order valence-electron chi connectivity index (χ4n) is 2.67. The standard InChI is InChI=1S/C15H34N2/c1-6-9-14(10-16)12-17(11-13(4)5)15(7-2)8-3/h13-15H,6-12,16H2,1-5H3. The highest BCUT2D eigenvalue weighted by Crippen LogP contribution is 2.16. The van der Waals surface area contributed by atoms with Gasteiger partial charge < -0.3 is 5.73 Å². The van der Waals surface area contributed by atoms with Gasteiger partial charge in [0.1, 0.15) is 0 Å². The molecule has 0 aliphatic rings. The van der Waals surface area contributed by atoms with E-state index in [9.17, 15) is 0 Å². The third-order valence-corrected chi connectivity index (χ3v) is 3.58. The minimum absolute atomic E-state index is 0.680. The summed E-state index contributed by atoms with van der Waals surface area (Å²) in [6.07, 6.45) is 5.03. The normalized spacial score (nSPS) is 13.9. The van der Waals surface area contributed by atoms with Crippen molar-refractivity contribution in [2.45, 2.75) is 66.3 Å². The Morgan fingerprint density at radius 3 is 1.94 bits per heavy atom. The Balaban J connectivity index is 4.43. The largest absolute Gasteiger partial charge is 0.330 e. The zero-order valence-corrected chi connectivity index (χ0v) is 12.7. The van der Waals surface area contributed by atoms with Gasteiger partial charge in [-0.3, -0.25) is 4.90 Å². The van der Waals surface area contributed by atoms with Crippen molar-refractivity contribution in [2.24, 2.45) is 17.6 Å². The molecular weight excluding hydrogens is 208 g/mol. The van der Waals surface area contributed by atoms with Crippen LogP contribution in [0.4, 0.5) is 0 Å². The second kappa shape index (κ2) is 9.90. The molecule has 0 bridgehead atoms. The quantitative estimate of drug-likeness (QED) is 0.635. The highest BCUT2D eigenvalue weighted by molar-refractivity contribution is 4.74. The molecule has 0 saturated carbocycles. The number of hydrogen-bond acceptors (Lipinski definition) is 2. The summed E-state index contributed by atoms with van der Waals surface area (Å²) in [5.41, 5.74) is 5.89. The van der Waals surface area contributed by atoms with Crippen molar-refractivity contribution in [3.63, 3.8) is 0 Å². The lowest BCUT2D eigenvalue weighted by Gasteiger charge is -2.34. The van der Waals surface area contributed by atoms with E-state index in [4.69, 9.17) is 5.73 Å². The van der Waals surface area contributed by atoms with Crippen LogP contribution >= 0.6 is 0 Å². The Hall–Kier alpha value is -0.0800. The predicted octanol–water partition coefficient (Wildman–Crippen LogP) is 3.51.